The summed E-state index contributed by atoms with van der Waals surface area (Å²) in [6.07, 6.45) is 4.97. The van der Waals surface area contributed by atoms with Crippen molar-refractivity contribution in [3.8, 4) is 11.8 Å². The van der Waals surface area contributed by atoms with Gasteiger partial charge in [-0.1, -0.05) is 0 Å². The standard InChI is InChI=1S/C17H24N4O6S/c1-26-14-10-18-11-15(19-14)27-13-4-3-7-20(12-13)28(24,25)9-8-21-16(22)5-2-6-17(21)23/h10-11,13H,2-9,12H2,1H3. The van der Waals surface area contributed by atoms with Crippen molar-refractivity contribution in [2.24, 2.45) is 0 Å². The molecule has 10 nitrogen and oxygen atoms in total. The van der Waals surface area contributed by atoms with Crippen molar-refractivity contribution in [3.05, 3.63) is 12.4 Å². The molecule has 0 spiro atoms. The van der Waals surface area contributed by atoms with E-state index >= 15 is 0 Å². The van der Waals surface area contributed by atoms with Crippen molar-refractivity contribution < 1.29 is 27.5 Å². The quantitative estimate of drug-likeness (QED) is 0.583. The molecule has 0 aromatic carbocycles. The van der Waals surface area contributed by atoms with E-state index in [0.29, 0.717) is 31.7 Å². The lowest BCUT2D eigenvalue weighted by atomic mass is 10.1. The second-order valence-electron chi connectivity index (χ2n) is 6.75. The van der Waals surface area contributed by atoms with Crippen LogP contribution in [0.4, 0.5) is 0 Å². The molecule has 2 fully saturated rings. The average molecular weight is 412 g/mol. The Morgan fingerprint density at radius 3 is 2.57 bits per heavy atom. The predicted octanol–water partition coefficient (Wildman–Crippen LogP) is 0.197. The number of likely N-dealkylation sites (tertiary alicyclic amines) is 1. The van der Waals surface area contributed by atoms with Gasteiger partial charge in [0.1, 0.15) is 6.10 Å². The number of imide groups is 1. The number of piperidine rings is 2. The second-order valence-corrected chi connectivity index (χ2v) is 8.84. The minimum atomic E-state index is -3.62. The van der Waals surface area contributed by atoms with Crippen LogP contribution in [0.25, 0.3) is 0 Å². The molecule has 1 aromatic rings. The number of carbonyl (C=O) groups is 2. The van der Waals surface area contributed by atoms with Crippen LogP contribution in [0, 0.1) is 0 Å². The number of aromatic nitrogens is 2. The summed E-state index contributed by atoms with van der Waals surface area (Å²) >= 11 is 0. The maximum atomic E-state index is 12.7. The third-order valence-corrected chi connectivity index (χ3v) is 6.59. The molecule has 0 N–H and O–H groups in total. The zero-order chi connectivity index (χ0) is 20.1. The van der Waals surface area contributed by atoms with Crippen LogP contribution in [0.2, 0.25) is 0 Å². The van der Waals surface area contributed by atoms with Crippen molar-refractivity contribution in [1.82, 2.24) is 19.2 Å². The Morgan fingerprint density at radius 1 is 1.14 bits per heavy atom. The molecule has 2 saturated heterocycles. The summed E-state index contributed by atoms with van der Waals surface area (Å²) in [5.74, 6) is -0.302. The van der Waals surface area contributed by atoms with E-state index < -0.39 is 10.0 Å². The van der Waals surface area contributed by atoms with Crippen LogP contribution in [-0.4, -0.2) is 78.0 Å². The number of hydrogen-bond donors (Lipinski definition) is 0. The molecule has 0 bridgehead atoms. The van der Waals surface area contributed by atoms with Crippen molar-refractivity contribution in [1.29, 1.82) is 0 Å². The normalized spacial score (nSPS) is 21.6. The van der Waals surface area contributed by atoms with E-state index in [-0.39, 0.29) is 55.5 Å². The first-order chi connectivity index (χ1) is 13.4. The molecule has 3 rings (SSSR count). The number of ether oxygens (including phenoxy) is 2. The Balaban J connectivity index is 1.59. The largest absolute Gasteiger partial charge is 0.480 e. The van der Waals surface area contributed by atoms with Gasteiger partial charge in [0, 0.05) is 25.9 Å². The van der Waals surface area contributed by atoms with E-state index in [1.165, 1.54) is 23.8 Å². The minimum Gasteiger partial charge on any atom is -0.480 e. The number of amides is 2. The summed E-state index contributed by atoms with van der Waals surface area (Å²) in [4.78, 5) is 32.9. The lowest BCUT2D eigenvalue weighted by molar-refractivity contribution is -0.147. The minimum absolute atomic E-state index is 0.108. The average Bonchev–Trinajstić information content (AvgIpc) is 2.68. The van der Waals surface area contributed by atoms with E-state index in [9.17, 15) is 18.0 Å². The van der Waals surface area contributed by atoms with Gasteiger partial charge in [0.2, 0.25) is 33.6 Å². The zero-order valence-corrected chi connectivity index (χ0v) is 16.6. The first-order valence-electron chi connectivity index (χ1n) is 9.23. The molecule has 1 atom stereocenters. The van der Waals surface area contributed by atoms with Crippen LogP contribution in [-0.2, 0) is 19.6 Å². The predicted molar refractivity (Wildman–Crippen MR) is 98.2 cm³/mol. The first kappa shape index (κ1) is 20.5. The van der Waals surface area contributed by atoms with E-state index in [1.807, 2.05) is 0 Å². The van der Waals surface area contributed by atoms with Crippen molar-refractivity contribution in [2.45, 2.75) is 38.2 Å². The van der Waals surface area contributed by atoms with Gasteiger partial charge in [0.15, 0.2) is 0 Å². The molecular weight excluding hydrogens is 388 g/mol. The Kier molecular flexibility index (Phi) is 6.45. The van der Waals surface area contributed by atoms with Gasteiger partial charge in [-0.25, -0.2) is 8.42 Å². The number of sulfonamides is 1. The topological polar surface area (TPSA) is 119 Å². The number of methoxy groups -OCH3 is 1. The Bertz CT molecular complexity index is 815. The zero-order valence-electron chi connectivity index (χ0n) is 15.7. The molecule has 2 aliphatic heterocycles. The summed E-state index contributed by atoms with van der Waals surface area (Å²) < 4.78 is 37.6. The first-order valence-corrected chi connectivity index (χ1v) is 10.8. The number of rotatable bonds is 7. The molecule has 2 amide bonds. The fraction of sp³-hybridized carbons (Fsp3) is 0.647. The molecule has 0 radical (unpaired) electrons. The highest BCUT2D eigenvalue weighted by molar-refractivity contribution is 7.89. The molecule has 3 heterocycles. The fourth-order valence-corrected chi connectivity index (χ4v) is 4.77. The lowest BCUT2D eigenvalue weighted by Crippen LogP contribution is -2.48. The molecule has 0 aliphatic carbocycles. The van der Waals surface area contributed by atoms with E-state index in [2.05, 4.69) is 9.97 Å². The van der Waals surface area contributed by atoms with Crippen LogP contribution in [0.1, 0.15) is 32.1 Å². The van der Waals surface area contributed by atoms with Gasteiger partial charge < -0.3 is 9.47 Å². The third-order valence-electron chi connectivity index (χ3n) is 4.78. The lowest BCUT2D eigenvalue weighted by Gasteiger charge is -2.32. The summed E-state index contributed by atoms with van der Waals surface area (Å²) in [5, 5.41) is 0. The van der Waals surface area contributed by atoms with Gasteiger partial charge in [-0.3, -0.25) is 19.5 Å². The Hall–Kier alpha value is -2.27. The molecule has 1 unspecified atom stereocenters. The molecule has 1 aromatic heterocycles. The number of carbonyl (C=O) groups excluding carboxylic acids is 2. The van der Waals surface area contributed by atoms with E-state index in [4.69, 9.17) is 9.47 Å². The summed E-state index contributed by atoms with van der Waals surface area (Å²) in [5.41, 5.74) is 0. The van der Waals surface area contributed by atoms with Crippen LogP contribution < -0.4 is 9.47 Å². The van der Waals surface area contributed by atoms with E-state index in [1.54, 1.807) is 0 Å². The molecule has 0 saturated carbocycles. The van der Waals surface area contributed by atoms with Crippen LogP contribution in [0.15, 0.2) is 12.4 Å². The SMILES string of the molecule is COc1cncc(OC2CCCN(S(=O)(=O)CCN3C(=O)CCCC3=O)C2)n1. The highest BCUT2D eigenvalue weighted by atomic mass is 32.2. The highest BCUT2D eigenvalue weighted by Crippen LogP contribution is 2.20. The molecule has 2 aliphatic rings. The maximum absolute atomic E-state index is 12.7. The van der Waals surface area contributed by atoms with Crippen molar-refractivity contribution >= 4 is 21.8 Å². The third kappa shape index (κ3) is 4.96. The van der Waals surface area contributed by atoms with Gasteiger partial charge in [0.25, 0.3) is 0 Å². The van der Waals surface area contributed by atoms with Gasteiger partial charge >= 0.3 is 0 Å². The Morgan fingerprint density at radius 2 is 1.86 bits per heavy atom. The smallest absolute Gasteiger partial charge is 0.235 e. The fourth-order valence-electron chi connectivity index (χ4n) is 3.30. The van der Waals surface area contributed by atoms with Gasteiger partial charge in [-0.15, -0.1) is 0 Å². The van der Waals surface area contributed by atoms with Gasteiger partial charge in [0.05, 0.1) is 31.8 Å². The van der Waals surface area contributed by atoms with Gasteiger partial charge in [-0.2, -0.15) is 9.29 Å². The molecular formula is C17H24N4O6S. The van der Waals surface area contributed by atoms with Crippen molar-refractivity contribution in [2.75, 3.05) is 32.5 Å². The highest BCUT2D eigenvalue weighted by Gasteiger charge is 2.32. The molecule has 154 valence electrons. The summed E-state index contributed by atoms with van der Waals surface area (Å²) in [7, 11) is -2.15. The van der Waals surface area contributed by atoms with Crippen molar-refractivity contribution in [3.63, 3.8) is 0 Å². The number of nitrogens with zero attached hydrogens (tertiary/aromatic N) is 4. The Labute approximate surface area is 163 Å². The monoisotopic (exact) mass is 412 g/mol. The molecule has 11 heteroatoms. The van der Waals surface area contributed by atoms with Crippen LogP contribution in [0.5, 0.6) is 11.8 Å². The second kappa shape index (κ2) is 8.82. The summed E-state index contributed by atoms with van der Waals surface area (Å²) in [6.45, 7) is 0.459. The molecule has 28 heavy (non-hydrogen) atoms. The maximum Gasteiger partial charge on any atom is 0.235 e. The van der Waals surface area contributed by atoms with E-state index in [0.717, 1.165) is 4.90 Å². The summed E-state index contributed by atoms with van der Waals surface area (Å²) in [6, 6.07) is 0. The van der Waals surface area contributed by atoms with Crippen LogP contribution >= 0.6 is 0 Å². The number of hydrogen-bond acceptors (Lipinski definition) is 8. The van der Waals surface area contributed by atoms with Gasteiger partial charge in [-0.05, 0) is 19.3 Å². The van der Waals surface area contributed by atoms with Crippen LogP contribution in [0.3, 0.4) is 0 Å².